The lowest BCUT2D eigenvalue weighted by molar-refractivity contribution is 0.0996. The maximum atomic E-state index is 11.3. The van der Waals surface area contributed by atoms with E-state index in [1.807, 2.05) is 6.92 Å². The van der Waals surface area contributed by atoms with Crippen molar-refractivity contribution in [3.63, 3.8) is 0 Å². The van der Waals surface area contributed by atoms with Gasteiger partial charge in [-0.25, -0.2) is 9.97 Å². The second kappa shape index (κ2) is 7.02. The third-order valence-corrected chi connectivity index (χ3v) is 5.45. The van der Waals surface area contributed by atoms with Gasteiger partial charge in [0, 0.05) is 12.2 Å². The summed E-state index contributed by atoms with van der Waals surface area (Å²) in [6.07, 6.45) is 10.9. The first-order chi connectivity index (χ1) is 13.5. The molecule has 10 nitrogen and oxygen atoms in total. The molecular weight excluding hydrogens is 358 g/mol. The predicted octanol–water partition coefficient (Wildman–Crippen LogP) is 1.69. The van der Waals surface area contributed by atoms with Crippen LogP contribution in [0, 0.1) is 10.8 Å². The zero-order chi connectivity index (χ0) is 19.8. The standard InChI is InChI=1S/C18H23N9O/c1-2-13-15(20)26(9-19)14-7-22-18(25-8-12(16(21)28)23-10-25)24-17(14)27(13)11-5-3-4-6-11/h7-11,13,19-20H,2-6H2,1H3,(H2,21,28). The van der Waals surface area contributed by atoms with E-state index in [0.717, 1.165) is 38.4 Å². The molecule has 0 saturated heterocycles. The molecule has 4 N–H and O–H groups in total. The van der Waals surface area contributed by atoms with E-state index in [4.69, 9.17) is 21.5 Å². The first-order valence-corrected chi connectivity index (χ1v) is 9.43. The van der Waals surface area contributed by atoms with Gasteiger partial charge in [-0.05, 0) is 19.3 Å². The highest BCUT2D eigenvalue weighted by Crippen LogP contribution is 2.39. The van der Waals surface area contributed by atoms with Gasteiger partial charge in [0.1, 0.15) is 23.5 Å². The average Bonchev–Trinajstić information content (AvgIpc) is 3.39. The molecule has 146 valence electrons. The molecule has 1 fully saturated rings. The monoisotopic (exact) mass is 381 g/mol. The lowest BCUT2D eigenvalue weighted by atomic mass is 10.0. The number of nitrogens with two attached hydrogens (primary N) is 1. The Bertz CT molecular complexity index is 931. The van der Waals surface area contributed by atoms with Crippen LogP contribution in [0.4, 0.5) is 11.5 Å². The molecule has 2 aromatic heterocycles. The second-order valence-electron chi connectivity index (χ2n) is 7.06. The highest BCUT2D eigenvalue weighted by atomic mass is 16.1. The number of hydrogen-bond donors (Lipinski definition) is 3. The van der Waals surface area contributed by atoms with E-state index in [0.29, 0.717) is 29.3 Å². The van der Waals surface area contributed by atoms with Crippen LogP contribution in [-0.2, 0) is 0 Å². The predicted molar refractivity (Wildman–Crippen MR) is 105 cm³/mol. The largest absolute Gasteiger partial charge is 0.364 e. The molecule has 4 rings (SSSR count). The number of amides is 1. The zero-order valence-corrected chi connectivity index (χ0v) is 15.7. The Hall–Kier alpha value is -3.30. The van der Waals surface area contributed by atoms with E-state index >= 15 is 0 Å². The highest BCUT2D eigenvalue weighted by Gasteiger charge is 2.40. The number of aromatic nitrogens is 4. The number of anilines is 2. The Kier molecular flexibility index (Phi) is 4.54. The minimum atomic E-state index is -0.612. The van der Waals surface area contributed by atoms with Gasteiger partial charge in [0.05, 0.1) is 18.6 Å². The third-order valence-electron chi connectivity index (χ3n) is 5.45. The lowest BCUT2D eigenvalue weighted by Gasteiger charge is -2.44. The number of rotatable bonds is 5. The Morgan fingerprint density at radius 3 is 2.71 bits per heavy atom. The van der Waals surface area contributed by atoms with E-state index in [1.165, 1.54) is 17.4 Å². The number of nitrogens with one attached hydrogen (secondary N) is 2. The quantitative estimate of drug-likeness (QED) is 0.532. The van der Waals surface area contributed by atoms with Gasteiger partial charge in [0.15, 0.2) is 5.82 Å². The molecule has 1 unspecified atom stereocenters. The van der Waals surface area contributed by atoms with Gasteiger partial charge in [-0.3, -0.25) is 25.1 Å². The van der Waals surface area contributed by atoms with E-state index in [-0.39, 0.29) is 11.7 Å². The number of imidazole rings is 1. The first kappa shape index (κ1) is 18.1. The maximum Gasteiger partial charge on any atom is 0.268 e. The van der Waals surface area contributed by atoms with Gasteiger partial charge in [-0.1, -0.05) is 19.8 Å². The van der Waals surface area contributed by atoms with Gasteiger partial charge in [0.25, 0.3) is 5.91 Å². The van der Waals surface area contributed by atoms with Crippen LogP contribution in [0.15, 0.2) is 18.7 Å². The number of nitrogens with zero attached hydrogens (tertiary/aromatic N) is 6. The van der Waals surface area contributed by atoms with Crippen molar-refractivity contribution in [2.45, 2.75) is 51.1 Å². The van der Waals surface area contributed by atoms with Gasteiger partial charge in [0.2, 0.25) is 5.95 Å². The van der Waals surface area contributed by atoms with E-state index in [9.17, 15) is 4.79 Å². The topological polar surface area (TPSA) is 141 Å². The molecule has 1 atom stereocenters. The number of hydrogen-bond acceptors (Lipinski definition) is 7. The van der Waals surface area contributed by atoms with Gasteiger partial charge in [-0.15, -0.1) is 0 Å². The van der Waals surface area contributed by atoms with Crippen molar-refractivity contribution in [3.8, 4) is 5.95 Å². The van der Waals surface area contributed by atoms with Crippen molar-refractivity contribution < 1.29 is 4.79 Å². The van der Waals surface area contributed by atoms with Crippen molar-refractivity contribution in [2.75, 3.05) is 9.80 Å². The fourth-order valence-electron chi connectivity index (χ4n) is 4.11. The molecule has 3 heterocycles. The number of amidine groups is 1. The van der Waals surface area contributed by atoms with Crippen molar-refractivity contribution >= 4 is 29.6 Å². The number of carbonyl (C=O) groups is 1. The Balaban J connectivity index is 1.84. The van der Waals surface area contributed by atoms with Crippen LogP contribution >= 0.6 is 0 Å². The maximum absolute atomic E-state index is 11.3. The van der Waals surface area contributed by atoms with Crippen LogP contribution < -0.4 is 15.5 Å². The van der Waals surface area contributed by atoms with E-state index < -0.39 is 5.91 Å². The molecule has 28 heavy (non-hydrogen) atoms. The Morgan fingerprint density at radius 2 is 2.11 bits per heavy atom. The van der Waals surface area contributed by atoms with Crippen LogP contribution in [-0.4, -0.2) is 49.7 Å². The van der Waals surface area contributed by atoms with Gasteiger partial charge >= 0.3 is 0 Å². The molecule has 0 aromatic carbocycles. The summed E-state index contributed by atoms with van der Waals surface area (Å²) in [5.74, 6) is 0.832. The van der Waals surface area contributed by atoms with E-state index in [1.54, 1.807) is 10.8 Å². The molecule has 2 aliphatic rings. The second-order valence-corrected chi connectivity index (χ2v) is 7.06. The summed E-state index contributed by atoms with van der Waals surface area (Å²) in [5.41, 5.74) is 6.05. The van der Waals surface area contributed by atoms with Crippen molar-refractivity contribution in [3.05, 3.63) is 24.4 Å². The van der Waals surface area contributed by atoms with Crippen molar-refractivity contribution in [1.29, 1.82) is 10.8 Å². The first-order valence-electron chi connectivity index (χ1n) is 9.43. The molecule has 10 heteroatoms. The number of primary amides is 1. The summed E-state index contributed by atoms with van der Waals surface area (Å²) in [7, 11) is 0. The van der Waals surface area contributed by atoms with Crippen molar-refractivity contribution in [2.24, 2.45) is 5.73 Å². The number of fused-ring (bicyclic) bond motifs is 1. The zero-order valence-electron chi connectivity index (χ0n) is 15.7. The molecule has 2 aromatic rings. The Morgan fingerprint density at radius 1 is 1.36 bits per heavy atom. The fourth-order valence-corrected chi connectivity index (χ4v) is 4.11. The van der Waals surface area contributed by atoms with E-state index in [2.05, 4.69) is 14.9 Å². The molecule has 1 amide bonds. The smallest absolute Gasteiger partial charge is 0.268 e. The molecule has 1 aliphatic heterocycles. The fraction of sp³-hybridized carbons (Fsp3) is 0.444. The lowest BCUT2D eigenvalue weighted by Crippen LogP contribution is -2.56. The molecular formula is C18H23N9O. The number of carbonyl (C=O) groups excluding carboxylic acids is 1. The Labute approximate surface area is 162 Å². The van der Waals surface area contributed by atoms with Gasteiger partial charge in [-0.2, -0.15) is 4.98 Å². The molecule has 0 bridgehead atoms. The minimum absolute atomic E-state index is 0.142. The molecule has 1 saturated carbocycles. The van der Waals surface area contributed by atoms with Crippen molar-refractivity contribution in [1.82, 2.24) is 19.5 Å². The summed E-state index contributed by atoms with van der Waals surface area (Å²) < 4.78 is 1.56. The van der Waals surface area contributed by atoms with Gasteiger partial charge < -0.3 is 10.6 Å². The summed E-state index contributed by atoms with van der Waals surface area (Å²) >= 11 is 0. The van der Waals surface area contributed by atoms with Crippen LogP contribution in [0.25, 0.3) is 5.95 Å². The van der Waals surface area contributed by atoms with Crippen LogP contribution in [0.5, 0.6) is 0 Å². The SMILES string of the molecule is CCC1C(=N)N(C=N)c2cnc(-n3cnc(C(N)=O)c3)nc2N1C1CCCC1. The van der Waals surface area contributed by atoms with Crippen LogP contribution in [0.2, 0.25) is 0 Å². The molecule has 1 aliphatic carbocycles. The van der Waals surface area contributed by atoms with Crippen LogP contribution in [0.1, 0.15) is 49.5 Å². The minimum Gasteiger partial charge on any atom is -0.364 e. The molecule has 0 radical (unpaired) electrons. The summed E-state index contributed by atoms with van der Waals surface area (Å²) in [5, 5.41) is 16.4. The summed E-state index contributed by atoms with van der Waals surface area (Å²) in [6, 6.07) is 0.160. The summed E-state index contributed by atoms with van der Waals surface area (Å²) in [4.78, 5) is 28.2. The molecule has 0 spiro atoms. The summed E-state index contributed by atoms with van der Waals surface area (Å²) in [6.45, 7) is 2.05. The average molecular weight is 381 g/mol. The highest BCUT2D eigenvalue weighted by molar-refractivity contribution is 6.16. The normalized spacial score (nSPS) is 19.8. The van der Waals surface area contributed by atoms with Crippen LogP contribution in [0.3, 0.4) is 0 Å². The third kappa shape index (κ3) is 2.81.